The molecular formula is C16H19N5O4. The molecule has 2 N–H and O–H groups in total. The lowest BCUT2D eigenvalue weighted by Crippen LogP contribution is -2.09. The normalized spacial score (nSPS) is 12.8. The minimum Gasteiger partial charge on any atom is -0.462 e. The van der Waals surface area contributed by atoms with Crippen LogP contribution in [0.25, 0.3) is 5.52 Å². The minimum atomic E-state index is -0.524. The summed E-state index contributed by atoms with van der Waals surface area (Å²) in [6, 6.07) is 0. The van der Waals surface area contributed by atoms with Gasteiger partial charge in [0.25, 0.3) is 0 Å². The van der Waals surface area contributed by atoms with Crippen LogP contribution in [0.3, 0.4) is 0 Å². The predicted molar refractivity (Wildman–Crippen MR) is 91.7 cm³/mol. The summed E-state index contributed by atoms with van der Waals surface area (Å²) in [5.41, 5.74) is 7.26. The summed E-state index contributed by atoms with van der Waals surface area (Å²) in [6.07, 6.45) is 6.15. The lowest BCUT2D eigenvalue weighted by atomic mass is 9.92. The first-order chi connectivity index (χ1) is 11.9. The van der Waals surface area contributed by atoms with Crippen LogP contribution in [0.4, 0.5) is 5.82 Å². The average Bonchev–Trinajstić information content (AvgIpc) is 2.96. The molecule has 25 heavy (non-hydrogen) atoms. The van der Waals surface area contributed by atoms with Gasteiger partial charge in [0.15, 0.2) is 5.82 Å². The monoisotopic (exact) mass is 345 g/mol. The van der Waals surface area contributed by atoms with Crippen LogP contribution < -0.4 is 5.73 Å². The number of esters is 1. The molecule has 2 aromatic heterocycles. The van der Waals surface area contributed by atoms with Crippen molar-refractivity contribution in [3.8, 4) is 0 Å². The zero-order chi connectivity index (χ0) is 18.6. The van der Waals surface area contributed by atoms with Crippen LogP contribution in [0.15, 0.2) is 37.0 Å². The Morgan fingerprint density at radius 2 is 2.32 bits per heavy atom. The standard InChI is InChI=1S/C16H19N5O4/c1-4-11(7-6-10(3)21(23)24)13-12(16(22)25-5-2)8-20-14(13)15(17)18-9-19-20/h4,6,8-9,11H,1,5,7H2,2-3H3,(H2,17,18,19)/b10-6+. The molecule has 0 radical (unpaired) electrons. The van der Waals surface area contributed by atoms with E-state index in [0.717, 1.165) is 0 Å². The van der Waals surface area contributed by atoms with E-state index in [4.69, 9.17) is 10.5 Å². The number of hydrogen-bond donors (Lipinski definition) is 1. The summed E-state index contributed by atoms with van der Waals surface area (Å²) in [5.74, 6) is -0.723. The van der Waals surface area contributed by atoms with Crippen molar-refractivity contribution in [2.24, 2.45) is 0 Å². The molecule has 2 heterocycles. The molecule has 0 aliphatic carbocycles. The number of carbonyl (C=O) groups excluding carboxylic acids is 1. The summed E-state index contributed by atoms with van der Waals surface area (Å²) in [4.78, 5) is 26.6. The van der Waals surface area contributed by atoms with Gasteiger partial charge in [-0.1, -0.05) is 6.08 Å². The van der Waals surface area contributed by atoms with E-state index in [-0.39, 0.29) is 30.1 Å². The summed E-state index contributed by atoms with van der Waals surface area (Å²) in [7, 11) is 0. The van der Waals surface area contributed by atoms with Crippen LogP contribution >= 0.6 is 0 Å². The minimum absolute atomic E-state index is 0.0114. The van der Waals surface area contributed by atoms with E-state index in [1.165, 1.54) is 30.0 Å². The Labute approximate surface area is 143 Å². The average molecular weight is 345 g/mol. The molecule has 1 unspecified atom stereocenters. The molecule has 9 nitrogen and oxygen atoms in total. The molecule has 2 aromatic rings. The number of allylic oxidation sites excluding steroid dienone is 3. The summed E-state index contributed by atoms with van der Waals surface area (Å²) >= 11 is 0. The number of aromatic nitrogens is 3. The summed E-state index contributed by atoms with van der Waals surface area (Å²) in [5, 5.41) is 14.9. The zero-order valence-electron chi connectivity index (χ0n) is 14.0. The van der Waals surface area contributed by atoms with Crippen molar-refractivity contribution in [2.75, 3.05) is 12.3 Å². The number of nitro groups is 1. The first kappa shape index (κ1) is 18.1. The van der Waals surface area contributed by atoms with Gasteiger partial charge in [0.1, 0.15) is 11.8 Å². The van der Waals surface area contributed by atoms with Gasteiger partial charge in [-0.2, -0.15) is 5.10 Å². The fourth-order valence-electron chi connectivity index (χ4n) is 2.51. The van der Waals surface area contributed by atoms with Gasteiger partial charge in [0.2, 0.25) is 5.70 Å². The Kier molecular flexibility index (Phi) is 5.48. The van der Waals surface area contributed by atoms with Crippen molar-refractivity contribution < 1.29 is 14.5 Å². The highest BCUT2D eigenvalue weighted by Gasteiger charge is 2.25. The van der Waals surface area contributed by atoms with Gasteiger partial charge >= 0.3 is 5.97 Å². The number of nitrogen functional groups attached to an aromatic ring is 1. The molecule has 9 heteroatoms. The molecule has 0 saturated carbocycles. The first-order valence-electron chi connectivity index (χ1n) is 7.63. The highest BCUT2D eigenvalue weighted by atomic mass is 16.6. The number of nitrogens with two attached hydrogens (primary N) is 1. The molecule has 0 bridgehead atoms. The van der Waals surface area contributed by atoms with Gasteiger partial charge in [-0.3, -0.25) is 10.1 Å². The number of hydrogen-bond acceptors (Lipinski definition) is 7. The second-order valence-corrected chi connectivity index (χ2v) is 5.30. The lowest BCUT2D eigenvalue weighted by Gasteiger charge is -2.12. The molecular weight excluding hydrogens is 326 g/mol. The number of ether oxygens (including phenoxy) is 1. The first-order valence-corrected chi connectivity index (χ1v) is 7.63. The Balaban J connectivity index is 2.61. The summed E-state index contributed by atoms with van der Waals surface area (Å²) in [6.45, 7) is 7.10. The van der Waals surface area contributed by atoms with E-state index in [0.29, 0.717) is 11.1 Å². The quantitative estimate of drug-likeness (QED) is 0.353. The second kappa shape index (κ2) is 7.56. The van der Waals surface area contributed by atoms with E-state index in [9.17, 15) is 14.9 Å². The third kappa shape index (κ3) is 3.65. The van der Waals surface area contributed by atoms with E-state index in [2.05, 4.69) is 16.7 Å². The van der Waals surface area contributed by atoms with Crippen molar-refractivity contribution in [1.82, 2.24) is 14.6 Å². The fourth-order valence-corrected chi connectivity index (χ4v) is 2.51. The summed E-state index contributed by atoms with van der Waals surface area (Å²) < 4.78 is 6.55. The molecule has 0 spiro atoms. The third-order valence-electron chi connectivity index (χ3n) is 3.75. The van der Waals surface area contributed by atoms with Gasteiger partial charge in [-0.05, 0) is 19.4 Å². The van der Waals surface area contributed by atoms with Crippen LogP contribution in [0.5, 0.6) is 0 Å². The van der Waals surface area contributed by atoms with Crippen LogP contribution in [0.1, 0.15) is 42.1 Å². The fraction of sp³-hybridized carbons (Fsp3) is 0.312. The Morgan fingerprint density at radius 3 is 2.92 bits per heavy atom. The molecule has 0 fully saturated rings. The van der Waals surface area contributed by atoms with Crippen molar-refractivity contribution in [3.63, 3.8) is 0 Å². The number of anilines is 1. The van der Waals surface area contributed by atoms with Crippen LogP contribution in [-0.4, -0.2) is 32.1 Å². The van der Waals surface area contributed by atoms with Gasteiger partial charge in [-0.25, -0.2) is 14.3 Å². The zero-order valence-corrected chi connectivity index (χ0v) is 14.0. The highest BCUT2D eigenvalue weighted by Crippen LogP contribution is 2.33. The van der Waals surface area contributed by atoms with Gasteiger partial charge in [0.05, 0.1) is 17.1 Å². The highest BCUT2D eigenvalue weighted by molar-refractivity contribution is 5.95. The predicted octanol–water partition coefficient (Wildman–Crippen LogP) is 2.33. The molecule has 0 aliphatic heterocycles. The van der Waals surface area contributed by atoms with Gasteiger partial charge in [-0.15, -0.1) is 6.58 Å². The SMILES string of the molecule is C=CC(C/C=C(\C)[N+](=O)[O-])c1c(C(=O)OCC)cn2ncnc(N)c12. The Hall–Kier alpha value is -3.23. The molecule has 0 aliphatic rings. The molecule has 2 rings (SSSR count). The molecule has 0 aromatic carbocycles. The van der Waals surface area contributed by atoms with Crippen molar-refractivity contribution in [2.45, 2.75) is 26.2 Å². The van der Waals surface area contributed by atoms with E-state index in [1.807, 2.05) is 0 Å². The molecule has 0 saturated heterocycles. The van der Waals surface area contributed by atoms with E-state index < -0.39 is 16.8 Å². The second-order valence-electron chi connectivity index (χ2n) is 5.30. The van der Waals surface area contributed by atoms with Crippen molar-refractivity contribution in [1.29, 1.82) is 0 Å². The maximum Gasteiger partial charge on any atom is 0.340 e. The van der Waals surface area contributed by atoms with Gasteiger partial charge in [0, 0.05) is 24.6 Å². The van der Waals surface area contributed by atoms with Crippen molar-refractivity contribution >= 4 is 17.3 Å². The number of rotatable bonds is 7. The van der Waals surface area contributed by atoms with Gasteiger partial charge < -0.3 is 10.5 Å². The molecule has 132 valence electrons. The maximum atomic E-state index is 12.3. The third-order valence-corrected chi connectivity index (χ3v) is 3.75. The number of carbonyl (C=O) groups is 1. The van der Waals surface area contributed by atoms with E-state index in [1.54, 1.807) is 13.0 Å². The molecule has 0 amide bonds. The largest absolute Gasteiger partial charge is 0.462 e. The topological polar surface area (TPSA) is 126 Å². The number of fused-ring (bicyclic) bond motifs is 1. The van der Waals surface area contributed by atoms with E-state index >= 15 is 0 Å². The van der Waals surface area contributed by atoms with Crippen molar-refractivity contribution in [3.05, 3.63) is 58.2 Å². The van der Waals surface area contributed by atoms with Crippen LogP contribution in [0, 0.1) is 10.1 Å². The Morgan fingerprint density at radius 1 is 1.60 bits per heavy atom. The van der Waals surface area contributed by atoms with Crippen LogP contribution in [0.2, 0.25) is 0 Å². The Bertz CT molecular complexity index is 856. The number of nitrogens with zero attached hydrogens (tertiary/aromatic N) is 4. The lowest BCUT2D eigenvalue weighted by molar-refractivity contribution is -0.424. The maximum absolute atomic E-state index is 12.3. The smallest absolute Gasteiger partial charge is 0.340 e. The molecule has 1 atom stereocenters. The van der Waals surface area contributed by atoms with Crippen LogP contribution in [-0.2, 0) is 4.74 Å².